The summed E-state index contributed by atoms with van der Waals surface area (Å²) in [5.41, 5.74) is 3.39. The molecular formula is C23H26BNO3S. The van der Waals surface area contributed by atoms with Gasteiger partial charge in [0.1, 0.15) is 0 Å². The van der Waals surface area contributed by atoms with Crippen molar-refractivity contribution in [3.8, 4) is 0 Å². The zero-order valence-electron chi connectivity index (χ0n) is 17.5. The predicted octanol–water partition coefficient (Wildman–Crippen LogP) is 5.62. The number of carbonyl (C=O) groups is 1. The smallest absolute Gasteiger partial charge is 0.400 e. The summed E-state index contributed by atoms with van der Waals surface area (Å²) in [4.78, 5) is 15.1. The Morgan fingerprint density at radius 2 is 1.69 bits per heavy atom. The molecule has 0 aliphatic carbocycles. The first-order chi connectivity index (χ1) is 13.7. The van der Waals surface area contributed by atoms with E-state index in [0.717, 1.165) is 22.1 Å². The molecule has 150 valence electrons. The van der Waals surface area contributed by atoms with E-state index in [-0.39, 0.29) is 5.12 Å². The van der Waals surface area contributed by atoms with Gasteiger partial charge in [-0.05, 0) is 50.9 Å². The number of rotatable bonds is 4. The van der Waals surface area contributed by atoms with Gasteiger partial charge in [0, 0.05) is 34.5 Å². The molecule has 0 bridgehead atoms. The molecule has 6 heteroatoms. The highest BCUT2D eigenvalue weighted by Crippen LogP contribution is 2.39. The third-order valence-electron chi connectivity index (χ3n) is 5.88. The second-order valence-corrected chi connectivity index (χ2v) is 9.72. The molecule has 1 N–H and O–H groups in total. The first-order valence-corrected chi connectivity index (χ1v) is 10.8. The van der Waals surface area contributed by atoms with Crippen LogP contribution < -0.4 is 0 Å². The first kappa shape index (κ1) is 20.3. The minimum Gasteiger partial charge on any atom is -0.400 e. The van der Waals surface area contributed by atoms with Crippen molar-refractivity contribution in [2.24, 2.45) is 0 Å². The van der Waals surface area contributed by atoms with Gasteiger partial charge in [0.15, 0.2) is 5.12 Å². The Labute approximate surface area is 176 Å². The topological polar surface area (TPSA) is 51.3 Å². The maximum atomic E-state index is 11.6. The molecule has 0 amide bonds. The van der Waals surface area contributed by atoms with Crippen LogP contribution in [-0.4, -0.2) is 34.2 Å². The third kappa shape index (κ3) is 3.89. The van der Waals surface area contributed by atoms with E-state index in [1.54, 1.807) is 6.92 Å². The van der Waals surface area contributed by atoms with Gasteiger partial charge in [0.05, 0.1) is 11.2 Å². The molecule has 3 aromatic rings. The van der Waals surface area contributed by atoms with Gasteiger partial charge in [0.2, 0.25) is 0 Å². The van der Waals surface area contributed by atoms with E-state index in [2.05, 4.69) is 47.5 Å². The van der Waals surface area contributed by atoms with Crippen LogP contribution >= 0.6 is 11.8 Å². The van der Waals surface area contributed by atoms with Gasteiger partial charge in [-0.1, -0.05) is 48.2 Å². The van der Waals surface area contributed by atoms with Gasteiger partial charge in [0.25, 0.3) is 0 Å². The molecule has 0 spiro atoms. The van der Waals surface area contributed by atoms with E-state index >= 15 is 0 Å². The summed E-state index contributed by atoms with van der Waals surface area (Å²) in [7, 11) is -0.467. The number of H-pyrrole nitrogens is 1. The van der Waals surface area contributed by atoms with Crippen LogP contribution in [0.25, 0.3) is 27.9 Å². The maximum absolute atomic E-state index is 11.6. The Bertz CT molecular complexity index is 1100. The molecule has 0 radical (unpaired) electrons. The number of thioether (sulfide) groups is 1. The third-order valence-corrected chi connectivity index (χ3v) is 6.76. The molecule has 0 saturated carbocycles. The van der Waals surface area contributed by atoms with Gasteiger partial charge < -0.3 is 14.3 Å². The summed E-state index contributed by atoms with van der Waals surface area (Å²) < 4.78 is 12.5. The Morgan fingerprint density at radius 3 is 2.38 bits per heavy atom. The van der Waals surface area contributed by atoms with Crippen molar-refractivity contribution in [2.75, 3.05) is 5.75 Å². The molecule has 4 nitrogen and oxygen atoms in total. The second-order valence-electron chi connectivity index (χ2n) is 8.56. The van der Waals surface area contributed by atoms with Gasteiger partial charge in [-0.2, -0.15) is 0 Å². The molecule has 1 aliphatic heterocycles. The van der Waals surface area contributed by atoms with Crippen molar-refractivity contribution in [3.63, 3.8) is 0 Å². The molecular weight excluding hydrogens is 381 g/mol. The van der Waals surface area contributed by atoms with Gasteiger partial charge in [-0.25, -0.2) is 0 Å². The van der Waals surface area contributed by atoms with Gasteiger partial charge >= 0.3 is 7.12 Å². The highest BCUT2D eigenvalue weighted by Gasteiger charge is 2.52. The second kappa shape index (κ2) is 7.35. The summed E-state index contributed by atoms with van der Waals surface area (Å²) >= 11 is 1.28. The number of benzene rings is 2. The number of para-hydroxylation sites is 1. The molecule has 1 aliphatic rings. The fourth-order valence-corrected chi connectivity index (χ4v) is 4.12. The lowest BCUT2D eigenvalue weighted by Crippen LogP contribution is -2.41. The van der Waals surface area contributed by atoms with Crippen LogP contribution in [0.15, 0.2) is 47.9 Å². The summed E-state index contributed by atoms with van der Waals surface area (Å²) in [5, 5.41) is 2.50. The molecule has 0 atom stereocenters. The minimum absolute atomic E-state index is 0.0819. The van der Waals surface area contributed by atoms with Crippen molar-refractivity contribution in [1.82, 2.24) is 4.98 Å². The SMILES string of the molecule is CC(=O)SCC(=Cc1ccc2c(c1)[nH]c1ccccc12)B1OC(C)(C)C(C)(C)O1. The van der Waals surface area contributed by atoms with Crippen molar-refractivity contribution in [2.45, 2.75) is 45.8 Å². The van der Waals surface area contributed by atoms with Crippen LogP contribution in [0, 0.1) is 0 Å². The zero-order chi connectivity index (χ0) is 20.8. The van der Waals surface area contributed by atoms with Crippen molar-refractivity contribution in [1.29, 1.82) is 0 Å². The van der Waals surface area contributed by atoms with Gasteiger partial charge in [-0.3, -0.25) is 4.79 Å². The fraction of sp³-hybridized carbons (Fsp3) is 0.348. The average molecular weight is 407 g/mol. The maximum Gasteiger partial charge on any atom is 0.491 e. The molecule has 1 aromatic heterocycles. The largest absolute Gasteiger partial charge is 0.491 e. The average Bonchev–Trinajstić information content (AvgIpc) is 3.11. The quantitative estimate of drug-likeness (QED) is 0.571. The van der Waals surface area contributed by atoms with E-state index in [1.165, 1.54) is 22.5 Å². The fourth-order valence-electron chi connectivity index (χ4n) is 3.53. The summed E-state index contributed by atoms with van der Waals surface area (Å²) in [6, 6.07) is 14.7. The van der Waals surface area contributed by atoms with Crippen LogP contribution in [0.3, 0.4) is 0 Å². The Kier molecular flexibility index (Phi) is 5.13. The molecule has 2 aromatic carbocycles. The van der Waals surface area contributed by atoms with Crippen LogP contribution in [0.1, 0.15) is 40.2 Å². The van der Waals surface area contributed by atoms with Crippen LogP contribution in [0.5, 0.6) is 0 Å². The first-order valence-electron chi connectivity index (χ1n) is 9.86. The number of carbonyl (C=O) groups excluding carboxylic acids is 1. The Morgan fingerprint density at radius 1 is 1.03 bits per heavy atom. The summed E-state index contributed by atoms with van der Waals surface area (Å²) in [6.45, 7) is 9.75. The standard InChI is InChI=1S/C23H26BNO3S/c1-15(26)29-14-17(24-27-22(2,3)23(4,5)28-24)12-16-10-11-19-18-8-6-7-9-20(18)25-21(19)13-16/h6-13,25H,14H2,1-5H3. The van der Waals surface area contributed by atoms with E-state index in [1.807, 2.05) is 33.8 Å². The normalized spacial score (nSPS) is 18.7. The molecule has 4 rings (SSSR count). The van der Waals surface area contributed by atoms with E-state index < -0.39 is 18.3 Å². The zero-order valence-corrected chi connectivity index (χ0v) is 18.4. The lowest BCUT2D eigenvalue weighted by atomic mass is 9.78. The number of nitrogens with one attached hydrogen (secondary N) is 1. The molecule has 2 heterocycles. The lowest BCUT2D eigenvalue weighted by molar-refractivity contribution is -0.109. The van der Waals surface area contributed by atoms with Crippen molar-refractivity contribution in [3.05, 3.63) is 53.5 Å². The molecule has 0 unspecified atom stereocenters. The summed E-state index contributed by atoms with van der Waals surface area (Å²) in [5.74, 6) is 0.539. The Hall–Kier alpha value is -2.02. The van der Waals surface area contributed by atoms with Crippen molar-refractivity contribution >= 4 is 51.9 Å². The van der Waals surface area contributed by atoms with E-state index in [0.29, 0.717) is 5.75 Å². The van der Waals surface area contributed by atoms with E-state index in [4.69, 9.17) is 9.31 Å². The number of aromatic amines is 1. The highest BCUT2D eigenvalue weighted by molar-refractivity contribution is 8.13. The highest BCUT2D eigenvalue weighted by atomic mass is 32.2. The van der Waals surface area contributed by atoms with Crippen LogP contribution in [0.2, 0.25) is 0 Å². The Balaban J connectivity index is 1.72. The molecule has 1 saturated heterocycles. The van der Waals surface area contributed by atoms with Gasteiger partial charge in [-0.15, -0.1) is 0 Å². The summed E-state index contributed by atoms with van der Waals surface area (Å²) in [6.07, 6.45) is 2.09. The minimum atomic E-state index is -0.467. The van der Waals surface area contributed by atoms with Crippen molar-refractivity contribution < 1.29 is 14.1 Å². The lowest BCUT2D eigenvalue weighted by Gasteiger charge is -2.32. The number of aromatic nitrogens is 1. The van der Waals surface area contributed by atoms with E-state index in [9.17, 15) is 4.79 Å². The molecule has 1 fully saturated rings. The van der Waals surface area contributed by atoms with Crippen LogP contribution in [0.4, 0.5) is 0 Å². The number of fused-ring (bicyclic) bond motifs is 3. The number of hydrogen-bond acceptors (Lipinski definition) is 4. The predicted molar refractivity (Wildman–Crippen MR) is 123 cm³/mol. The number of hydrogen-bond donors (Lipinski definition) is 1. The molecule has 29 heavy (non-hydrogen) atoms. The monoisotopic (exact) mass is 407 g/mol. The van der Waals surface area contributed by atoms with Crippen LogP contribution in [-0.2, 0) is 14.1 Å².